The Morgan fingerprint density at radius 3 is 2.55 bits per heavy atom. The van der Waals surface area contributed by atoms with Crippen molar-refractivity contribution in [1.82, 2.24) is 9.88 Å². The molecule has 4 heteroatoms. The van der Waals surface area contributed by atoms with E-state index in [1.165, 1.54) is 12.1 Å². The second kappa shape index (κ2) is 5.87. The molecule has 1 aromatic heterocycles. The van der Waals surface area contributed by atoms with Crippen LogP contribution in [0.4, 0.5) is 4.39 Å². The summed E-state index contributed by atoms with van der Waals surface area (Å²) in [5, 5.41) is 0. The van der Waals surface area contributed by atoms with Gasteiger partial charge in [-0.3, -0.25) is 9.78 Å². The summed E-state index contributed by atoms with van der Waals surface area (Å²) in [5.74, 6) is -0.148. The Morgan fingerprint density at radius 2 is 1.95 bits per heavy atom. The first-order valence-corrected chi connectivity index (χ1v) is 7.53. The summed E-state index contributed by atoms with van der Waals surface area (Å²) in [6.45, 7) is 0.638. The summed E-state index contributed by atoms with van der Waals surface area (Å²) in [4.78, 5) is 18.8. The summed E-state index contributed by atoms with van der Waals surface area (Å²) in [5.41, 5.74) is 1.46. The monoisotopic (exact) mass is 298 g/mol. The van der Waals surface area contributed by atoms with E-state index >= 15 is 0 Å². The summed E-state index contributed by atoms with van der Waals surface area (Å²) < 4.78 is 13.1. The molecule has 1 aliphatic carbocycles. The fraction of sp³-hybridized carbons (Fsp3) is 0.333. The fourth-order valence-corrected chi connectivity index (χ4v) is 2.82. The summed E-state index contributed by atoms with van der Waals surface area (Å²) >= 11 is 0. The third-order valence-corrected chi connectivity index (χ3v) is 4.33. The molecule has 0 radical (unpaired) electrons. The van der Waals surface area contributed by atoms with E-state index in [-0.39, 0.29) is 11.7 Å². The standard InChI is InChI=1S/C18H19FN2O/c1-21(13-9-16-4-2-3-12-20-16)17(22)18(10-11-18)14-5-7-15(19)8-6-14/h2-8,12H,9-11,13H2,1H3. The SMILES string of the molecule is CN(CCc1ccccn1)C(=O)C1(c2ccc(F)cc2)CC1. The molecule has 0 bridgehead atoms. The first kappa shape index (κ1) is 14.7. The summed E-state index contributed by atoms with van der Waals surface area (Å²) in [6, 6.07) is 12.1. The van der Waals surface area contributed by atoms with Crippen LogP contribution in [0.5, 0.6) is 0 Å². The third kappa shape index (κ3) is 2.86. The van der Waals surface area contributed by atoms with Crippen molar-refractivity contribution in [3.63, 3.8) is 0 Å². The number of hydrogen-bond acceptors (Lipinski definition) is 2. The zero-order valence-electron chi connectivity index (χ0n) is 12.6. The van der Waals surface area contributed by atoms with Crippen LogP contribution >= 0.6 is 0 Å². The van der Waals surface area contributed by atoms with Gasteiger partial charge in [0.05, 0.1) is 5.41 Å². The molecular formula is C18H19FN2O. The number of likely N-dealkylation sites (N-methyl/N-ethyl adjacent to an activating group) is 1. The molecular weight excluding hydrogens is 279 g/mol. The molecule has 0 atom stereocenters. The van der Waals surface area contributed by atoms with Gasteiger partial charge in [-0.15, -0.1) is 0 Å². The highest BCUT2D eigenvalue weighted by molar-refractivity contribution is 5.91. The molecule has 0 saturated heterocycles. The number of hydrogen-bond donors (Lipinski definition) is 0. The minimum absolute atomic E-state index is 0.120. The minimum atomic E-state index is -0.438. The van der Waals surface area contributed by atoms with Crippen molar-refractivity contribution in [3.05, 3.63) is 65.7 Å². The first-order chi connectivity index (χ1) is 10.6. The molecule has 1 aromatic carbocycles. The van der Waals surface area contributed by atoms with Crippen LogP contribution in [-0.4, -0.2) is 29.4 Å². The van der Waals surface area contributed by atoms with E-state index < -0.39 is 5.41 Å². The van der Waals surface area contributed by atoms with Crippen LogP contribution in [0.15, 0.2) is 48.7 Å². The van der Waals surface area contributed by atoms with Crippen LogP contribution in [0.1, 0.15) is 24.1 Å². The number of rotatable bonds is 5. The smallest absolute Gasteiger partial charge is 0.232 e. The van der Waals surface area contributed by atoms with Crippen molar-refractivity contribution in [2.24, 2.45) is 0 Å². The van der Waals surface area contributed by atoms with Gasteiger partial charge in [0, 0.05) is 31.9 Å². The third-order valence-electron chi connectivity index (χ3n) is 4.33. The van der Waals surface area contributed by atoms with E-state index in [0.29, 0.717) is 6.54 Å². The Bertz CT molecular complexity index is 651. The first-order valence-electron chi connectivity index (χ1n) is 7.53. The van der Waals surface area contributed by atoms with Gasteiger partial charge in [0.1, 0.15) is 5.82 Å². The number of nitrogens with zero attached hydrogens (tertiary/aromatic N) is 2. The van der Waals surface area contributed by atoms with Crippen LogP contribution in [0.3, 0.4) is 0 Å². The van der Waals surface area contributed by atoms with Crippen molar-refractivity contribution in [1.29, 1.82) is 0 Å². The minimum Gasteiger partial charge on any atom is -0.345 e. The molecule has 0 N–H and O–H groups in total. The number of aromatic nitrogens is 1. The molecule has 1 amide bonds. The second-order valence-corrected chi connectivity index (χ2v) is 5.89. The average molecular weight is 298 g/mol. The van der Waals surface area contributed by atoms with E-state index in [2.05, 4.69) is 4.98 Å². The number of carbonyl (C=O) groups excluding carboxylic acids is 1. The Kier molecular flexibility index (Phi) is 3.92. The van der Waals surface area contributed by atoms with E-state index in [1.54, 1.807) is 23.2 Å². The van der Waals surface area contributed by atoms with Gasteiger partial charge in [-0.1, -0.05) is 18.2 Å². The van der Waals surface area contributed by atoms with Crippen LogP contribution in [0.2, 0.25) is 0 Å². The number of pyridine rings is 1. The predicted octanol–water partition coefficient (Wildman–Crippen LogP) is 2.95. The molecule has 3 rings (SSSR count). The maximum Gasteiger partial charge on any atom is 0.232 e. The van der Waals surface area contributed by atoms with Gasteiger partial charge in [0.25, 0.3) is 0 Å². The number of halogens is 1. The van der Waals surface area contributed by atoms with E-state index in [4.69, 9.17) is 0 Å². The highest BCUT2D eigenvalue weighted by Crippen LogP contribution is 2.49. The molecule has 0 aliphatic heterocycles. The van der Waals surface area contributed by atoms with Gasteiger partial charge in [-0.25, -0.2) is 4.39 Å². The van der Waals surface area contributed by atoms with E-state index in [0.717, 1.165) is 30.5 Å². The Hall–Kier alpha value is -2.23. The van der Waals surface area contributed by atoms with Crippen molar-refractivity contribution in [2.75, 3.05) is 13.6 Å². The van der Waals surface area contributed by atoms with Gasteiger partial charge in [0.2, 0.25) is 5.91 Å². The number of carbonyl (C=O) groups is 1. The van der Waals surface area contributed by atoms with Crippen LogP contribution in [-0.2, 0) is 16.6 Å². The van der Waals surface area contributed by atoms with Crippen molar-refractivity contribution in [2.45, 2.75) is 24.7 Å². The Morgan fingerprint density at radius 1 is 1.23 bits per heavy atom. The van der Waals surface area contributed by atoms with Crippen LogP contribution in [0.25, 0.3) is 0 Å². The molecule has 1 aliphatic rings. The number of benzene rings is 1. The van der Waals surface area contributed by atoms with Gasteiger partial charge in [-0.05, 0) is 42.7 Å². The van der Waals surface area contributed by atoms with Gasteiger partial charge in [0.15, 0.2) is 0 Å². The quantitative estimate of drug-likeness (QED) is 0.850. The lowest BCUT2D eigenvalue weighted by Crippen LogP contribution is -2.37. The molecule has 1 saturated carbocycles. The maximum absolute atomic E-state index is 13.1. The molecule has 0 unspecified atom stereocenters. The fourth-order valence-electron chi connectivity index (χ4n) is 2.82. The summed E-state index contributed by atoms with van der Waals surface area (Å²) in [6.07, 6.45) is 4.18. The average Bonchev–Trinajstić information content (AvgIpc) is 3.35. The normalized spacial score (nSPS) is 15.4. The highest BCUT2D eigenvalue weighted by Gasteiger charge is 2.52. The highest BCUT2D eigenvalue weighted by atomic mass is 19.1. The molecule has 2 aromatic rings. The van der Waals surface area contributed by atoms with Gasteiger partial charge >= 0.3 is 0 Å². The second-order valence-electron chi connectivity index (χ2n) is 5.89. The Labute approximate surface area is 129 Å². The van der Waals surface area contributed by atoms with Crippen LogP contribution in [0, 0.1) is 5.82 Å². The molecule has 1 heterocycles. The van der Waals surface area contributed by atoms with Crippen molar-refractivity contribution >= 4 is 5.91 Å². The molecule has 1 fully saturated rings. The largest absolute Gasteiger partial charge is 0.345 e. The van der Waals surface area contributed by atoms with Crippen molar-refractivity contribution < 1.29 is 9.18 Å². The maximum atomic E-state index is 13.1. The van der Waals surface area contributed by atoms with Crippen molar-refractivity contribution in [3.8, 4) is 0 Å². The zero-order chi connectivity index (χ0) is 15.6. The molecule has 22 heavy (non-hydrogen) atoms. The summed E-state index contributed by atoms with van der Waals surface area (Å²) in [7, 11) is 1.83. The lowest BCUT2D eigenvalue weighted by atomic mass is 9.94. The van der Waals surface area contributed by atoms with Gasteiger partial charge in [-0.2, -0.15) is 0 Å². The van der Waals surface area contributed by atoms with Crippen LogP contribution < -0.4 is 0 Å². The zero-order valence-corrected chi connectivity index (χ0v) is 12.6. The number of amides is 1. The lowest BCUT2D eigenvalue weighted by Gasteiger charge is -2.24. The molecule has 0 spiro atoms. The van der Waals surface area contributed by atoms with E-state index in [9.17, 15) is 9.18 Å². The van der Waals surface area contributed by atoms with Gasteiger partial charge < -0.3 is 4.90 Å². The predicted molar refractivity (Wildman–Crippen MR) is 82.9 cm³/mol. The topological polar surface area (TPSA) is 33.2 Å². The molecule has 114 valence electrons. The molecule has 3 nitrogen and oxygen atoms in total. The lowest BCUT2D eigenvalue weighted by molar-refractivity contribution is -0.132. The Balaban J connectivity index is 1.66. The van der Waals surface area contributed by atoms with E-state index in [1.807, 2.05) is 25.2 Å².